The Balaban J connectivity index is 1.99. The molecule has 0 unspecified atom stereocenters. The first-order valence-corrected chi connectivity index (χ1v) is 8.87. The molecule has 2 rings (SSSR count). The van der Waals surface area contributed by atoms with Crippen molar-refractivity contribution in [1.82, 2.24) is 14.9 Å². The average Bonchev–Trinajstić information content (AvgIpc) is 2.96. The van der Waals surface area contributed by atoms with E-state index in [0.29, 0.717) is 12.4 Å². The van der Waals surface area contributed by atoms with Gasteiger partial charge in [-0.15, -0.1) is 21.8 Å². The fourth-order valence-corrected chi connectivity index (χ4v) is 4.27. The average molecular weight is 339 g/mol. The quantitative estimate of drug-likeness (QED) is 0.574. The number of nitrogens with zero attached hydrogens (tertiary/aromatic N) is 2. The maximum Gasteiger partial charge on any atom is 0.269 e. The summed E-state index contributed by atoms with van der Waals surface area (Å²) in [6.45, 7) is 1.67. The van der Waals surface area contributed by atoms with Gasteiger partial charge in [0.1, 0.15) is 0 Å². The van der Waals surface area contributed by atoms with Gasteiger partial charge in [0.15, 0.2) is 0 Å². The van der Waals surface area contributed by atoms with Crippen molar-refractivity contribution in [3.8, 4) is 0 Å². The zero-order valence-electron chi connectivity index (χ0n) is 10.8. The van der Waals surface area contributed by atoms with Crippen molar-refractivity contribution < 1.29 is 13.2 Å². The molecule has 1 heterocycles. The Kier molecular flexibility index (Phi) is 4.62. The highest BCUT2D eigenvalue weighted by molar-refractivity contribution is 7.91. The molecule has 10 heteroatoms. The standard InChI is InChI=1S/C10H15ClN4O3S2/c1-7(16)13-8-14-15-9(19-8)20(17,18)12-6-10(2-3-10)4-5-11/h12H,2-6H2,1H3,(H,13,14,16). The van der Waals surface area contributed by atoms with Gasteiger partial charge in [0.2, 0.25) is 15.4 Å². The molecule has 0 spiro atoms. The molecule has 0 atom stereocenters. The molecule has 1 aromatic rings. The molecule has 112 valence electrons. The van der Waals surface area contributed by atoms with Gasteiger partial charge in [-0.3, -0.25) is 4.79 Å². The second-order valence-electron chi connectivity index (χ2n) is 4.82. The summed E-state index contributed by atoms with van der Waals surface area (Å²) in [5.74, 6) is 0.199. The summed E-state index contributed by atoms with van der Waals surface area (Å²) in [5.41, 5.74) is -0.0000272. The van der Waals surface area contributed by atoms with Gasteiger partial charge in [-0.05, 0) is 24.7 Å². The number of amides is 1. The van der Waals surface area contributed by atoms with Crippen LogP contribution in [0.2, 0.25) is 0 Å². The van der Waals surface area contributed by atoms with Gasteiger partial charge in [-0.1, -0.05) is 11.3 Å². The maximum absolute atomic E-state index is 12.1. The van der Waals surface area contributed by atoms with Crippen LogP contribution in [-0.4, -0.2) is 36.9 Å². The Labute approximate surface area is 126 Å². The van der Waals surface area contributed by atoms with Gasteiger partial charge in [0.05, 0.1) is 0 Å². The van der Waals surface area contributed by atoms with Gasteiger partial charge in [0.25, 0.3) is 10.0 Å². The Hall–Kier alpha value is -0.770. The molecule has 1 aromatic heterocycles. The van der Waals surface area contributed by atoms with Crippen LogP contribution >= 0.6 is 22.9 Å². The number of alkyl halides is 1. The summed E-state index contributed by atoms with van der Waals surface area (Å²) in [5, 5.41) is 9.77. The van der Waals surface area contributed by atoms with Gasteiger partial charge < -0.3 is 5.32 Å². The van der Waals surface area contributed by atoms with Crippen LogP contribution in [0.15, 0.2) is 4.34 Å². The lowest BCUT2D eigenvalue weighted by atomic mass is 10.1. The SMILES string of the molecule is CC(=O)Nc1nnc(S(=O)(=O)NCC2(CCCl)CC2)s1. The van der Waals surface area contributed by atoms with Crippen LogP contribution < -0.4 is 10.0 Å². The number of aromatic nitrogens is 2. The molecule has 7 nitrogen and oxygen atoms in total. The van der Waals surface area contributed by atoms with Crippen molar-refractivity contribution in [3.05, 3.63) is 0 Å². The van der Waals surface area contributed by atoms with Crippen LogP contribution in [0, 0.1) is 5.41 Å². The zero-order chi connectivity index (χ0) is 14.8. The number of halogens is 1. The summed E-state index contributed by atoms with van der Waals surface area (Å²) < 4.78 is 26.5. The van der Waals surface area contributed by atoms with Crippen molar-refractivity contribution in [3.63, 3.8) is 0 Å². The minimum atomic E-state index is -3.69. The summed E-state index contributed by atoms with van der Waals surface area (Å²) in [6, 6.07) is 0. The molecular formula is C10H15ClN4O3S2. The number of carbonyl (C=O) groups is 1. The zero-order valence-corrected chi connectivity index (χ0v) is 13.2. The van der Waals surface area contributed by atoms with E-state index in [-0.39, 0.29) is 20.8 Å². The first-order chi connectivity index (χ1) is 9.37. The largest absolute Gasteiger partial charge is 0.301 e. The third kappa shape index (κ3) is 3.87. The molecule has 20 heavy (non-hydrogen) atoms. The number of anilines is 1. The topological polar surface area (TPSA) is 101 Å². The highest BCUT2D eigenvalue weighted by Crippen LogP contribution is 2.48. The van der Waals surface area contributed by atoms with Crippen LogP contribution in [-0.2, 0) is 14.8 Å². The molecular weight excluding hydrogens is 324 g/mol. The van der Waals surface area contributed by atoms with Crippen LogP contribution in [0.25, 0.3) is 0 Å². The van der Waals surface area contributed by atoms with E-state index in [1.807, 2.05) is 0 Å². The smallest absolute Gasteiger partial charge is 0.269 e. The van der Waals surface area contributed by atoms with E-state index in [2.05, 4.69) is 20.2 Å². The molecule has 0 aromatic carbocycles. The van der Waals surface area contributed by atoms with Crippen molar-refractivity contribution in [1.29, 1.82) is 0 Å². The molecule has 1 fully saturated rings. The van der Waals surface area contributed by atoms with Gasteiger partial charge >= 0.3 is 0 Å². The van der Waals surface area contributed by atoms with Crippen LogP contribution in [0.3, 0.4) is 0 Å². The van der Waals surface area contributed by atoms with Crippen molar-refractivity contribution >= 4 is 44.0 Å². The molecule has 1 saturated carbocycles. The Morgan fingerprint density at radius 1 is 1.45 bits per heavy atom. The minimum Gasteiger partial charge on any atom is -0.301 e. The van der Waals surface area contributed by atoms with Crippen LogP contribution in [0.4, 0.5) is 5.13 Å². The van der Waals surface area contributed by atoms with E-state index in [0.717, 1.165) is 30.6 Å². The third-order valence-electron chi connectivity index (χ3n) is 3.14. The fourth-order valence-electron chi connectivity index (χ4n) is 1.72. The minimum absolute atomic E-state index is 0.0000272. The molecule has 1 aliphatic rings. The van der Waals surface area contributed by atoms with Crippen LogP contribution in [0.1, 0.15) is 26.2 Å². The summed E-state index contributed by atoms with van der Waals surface area (Å²) in [6.07, 6.45) is 2.76. The van der Waals surface area contributed by atoms with Crippen molar-refractivity contribution in [2.75, 3.05) is 17.7 Å². The Morgan fingerprint density at radius 3 is 2.70 bits per heavy atom. The van der Waals surface area contributed by atoms with Crippen LogP contribution in [0.5, 0.6) is 0 Å². The van der Waals surface area contributed by atoms with E-state index in [1.165, 1.54) is 6.92 Å². The number of carbonyl (C=O) groups excluding carboxylic acids is 1. The number of nitrogens with one attached hydrogen (secondary N) is 2. The molecule has 2 N–H and O–H groups in total. The van der Waals surface area contributed by atoms with E-state index < -0.39 is 10.0 Å². The van der Waals surface area contributed by atoms with Gasteiger partial charge in [0, 0.05) is 19.3 Å². The first kappa shape index (κ1) is 15.6. The van der Waals surface area contributed by atoms with Gasteiger partial charge in [-0.25, -0.2) is 13.1 Å². The first-order valence-electron chi connectivity index (χ1n) is 6.04. The number of hydrogen-bond donors (Lipinski definition) is 2. The second kappa shape index (κ2) is 5.92. The van der Waals surface area contributed by atoms with E-state index in [4.69, 9.17) is 11.6 Å². The van der Waals surface area contributed by atoms with Crippen molar-refractivity contribution in [2.24, 2.45) is 5.41 Å². The number of hydrogen-bond acceptors (Lipinski definition) is 6. The number of sulfonamides is 1. The maximum atomic E-state index is 12.1. The summed E-state index contributed by atoms with van der Waals surface area (Å²) >= 11 is 6.53. The second-order valence-corrected chi connectivity index (χ2v) is 8.11. The fraction of sp³-hybridized carbons (Fsp3) is 0.700. The molecule has 0 radical (unpaired) electrons. The highest BCUT2D eigenvalue weighted by atomic mass is 35.5. The lowest BCUT2D eigenvalue weighted by Gasteiger charge is -2.13. The molecule has 0 aliphatic heterocycles. The van der Waals surface area contributed by atoms with Crippen molar-refractivity contribution in [2.45, 2.75) is 30.5 Å². The molecule has 1 aliphatic carbocycles. The molecule has 1 amide bonds. The molecule has 0 bridgehead atoms. The monoisotopic (exact) mass is 338 g/mol. The predicted octanol–water partition coefficient (Wildman–Crippen LogP) is 1.18. The summed E-state index contributed by atoms with van der Waals surface area (Å²) in [7, 11) is -3.69. The lowest BCUT2D eigenvalue weighted by Crippen LogP contribution is -2.30. The van der Waals surface area contributed by atoms with Gasteiger partial charge in [-0.2, -0.15) is 0 Å². The molecule has 0 saturated heterocycles. The lowest BCUT2D eigenvalue weighted by molar-refractivity contribution is -0.114. The van der Waals surface area contributed by atoms with E-state index in [1.54, 1.807) is 0 Å². The third-order valence-corrected chi connectivity index (χ3v) is 5.93. The normalized spacial score (nSPS) is 16.9. The Bertz CT molecular complexity index is 597. The predicted molar refractivity (Wildman–Crippen MR) is 76.4 cm³/mol. The van der Waals surface area contributed by atoms with E-state index >= 15 is 0 Å². The Morgan fingerprint density at radius 2 is 2.15 bits per heavy atom. The summed E-state index contributed by atoms with van der Waals surface area (Å²) in [4.78, 5) is 10.9. The number of rotatable bonds is 7. The van der Waals surface area contributed by atoms with E-state index in [9.17, 15) is 13.2 Å². The highest BCUT2D eigenvalue weighted by Gasteiger charge is 2.42.